The lowest BCUT2D eigenvalue weighted by atomic mass is 10.2. The molecule has 0 aliphatic rings. The molecule has 104 valence electrons. The first-order chi connectivity index (χ1) is 9.63. The summed E-state index contributed by atoms with van der Waals surface area (Å²) in [5, 5.41) is 0.499. The van der Waals surface area contributed by atoms with Gasteiger partial charge in [-0.2, -0.15) is 0 Å². The Bertz CT molecular complexity index is 624. The fourth-order valence-corrected chi connectivity index (χ4v) is 1.95. The first kappa shape index (κ1) is 14.2. The minimum absolute atomic E-state index is 0.350. The number of hydrogen-bond donors (Lipinski definition) is 1. The summed E-state index contributed by atoms with van der Waals surface area (Å²) in [6.07, 6.45) is 0. The molecule has 2 aromatic rings. The van der Waals surface area contributed by atoms with Gasteiger partial charge in [-0.15, -0.1) is 0 Å². The molecule has 2 rings (SSSR count). The van der Waals surface area contributed by atoms with E-state index in [9.17, 15) is 0 Å². The molecule has 0 amide bonds. The molecule has 0 spiro atoms. The van der Waals surface area contributed by atoms with Crippen LogP contribution in [0.3, 0.4) is 0 Å². The molecule has 0 atom stereocenters. The highest BCUT2D eigenvalue weighted by atomic mass is 35.5. The van der Waals surface area contributed by atoms with Gasteiger partial charge in [-0.3, -0.25) is 0 Å². The van der Waals surface area contributed by atoms with Gasteiger partial charge < -0.3 is 15.2 Å². The Kier molecular flexibility index (Phi) is 4.48. The van der Waals surface area contributed by atoms with Gasteiger partial charge in [-0.1, -0.05) is 11.6 Å². The molecule has 2 aromatic carbocycles. The molecule has 0 heterocycles. The third-order valence-electron chi connectivity index (χ3n) is 2.77. The highest BCUT2D eigenvalue weighted by Gasteiger charge is 2.06. The van der Waals surface area contributed by atoms with Crippen molar-refractivity contribution < 1.29 is 9.47 Å². The molecule has 0 fully saturated rings. The number of halogens is 1. The van der Waals surface area contributed by atoms with E-state index in [0.717, 1.165) is 11.4 Å². The van der Waals surface area contributed by atoms with Crippen LogP contribution in [0.5, 0.6) is 11.5 Å². The largest absolute Gasteiger partial charge is 0.497 e. The molecule has 0 aliphatic carbocycles. The zero-order valence-corrected chi connectivity index (χ0v) is 12.0. The molecule has 0 saturated heterocycles. The minimum Gasteiger partial charge on any atom is -0.497 e. The number of aliphatic imine (C=N–C) groups is 1. The van der Waals surface area contributed by atoms with Crippen molar-refractivity contribution in [1.29, 1.82) is 0 Å². The van der Waals surface area contributed by atoms with Gasteiger partial charge in [-0.25, -0.2) is 4.99 Å². The Balaban J connectivity index is 2.29. The lowest BCUT2D eigenvalue weighted by Gasteiger charge is -2.06. The van der Waals surface area contributed by atoms with Crippen molar-refractivity contribution >= 4 is 23.1 Å². The van der Waals surface area contributed by atoms with E-state index in [4.69, 9.17) is 26.8 Å². The SMILES string of the molecule is COc1ccc(N=C(N)c2ccc(OC)cc2Cl)cc1. The normalized spacial score (nSPS) is 11.2. The van der Waals surface area contributed by atoms with E-state index in [0.29, 0.717) is 22.2 Å². The van der Waals surface area contributed by atoms with Crippen LogP contribution in [0.4, 0.5) is 5.69 Å². The quantitative estimate of drug-likeness (QED) is 0.693. The lowest BCUT2D eigenvalue weighted by Crippen LogP contribution is -2.13. The summed E-state index contributed by atoms with van der Waals surface area (Å²) in [5.41, 5.74) is 7.38. The topological polar surface area (TPSA) is 56.8 Å². The smallest absolute Gasteiger partial charge is 0.132 e. The van der Waals surface area contributed by atoms with Crippen molar-refractivity contribution in [2.75, 3.05) is 14.2 Å². The summed E-state index contributed by atoms with van der Waals surface area (Å²) in [4.78, 5) is 4.33. The van der Waals surface area contributed by atoms with E-state index < -0.39 is 0 Å². The molecule has 0 unspecified atom stereocenters. The van der Waals surface area contributed by atoms with Gasteiger partial charge in [0.15, 0.2) is 0 Å². The Morgan fingerprint density at radius 1 is 1.00 bits per heavy atom. The summed E-state index contributed by atoms with van der Waals surface area (Å²) >= 11 is 6.16. The van der Waals surface area contributed by atoms with Crippen LogP contribution >= 0.6 is 11.6 Å². The second-order valence-electron chi connectivity index (χ2n) is 4.04. The molecular weight excluding hydrogens is 276 g/mol. The van der Waals surface area contributed by atoms with E-state index >= 15 is 0 Å². The van der Waals surface area contributed by atoms with Crippen LogP contribution in [-0.2, 0) is 0 Å². The van der Waals surface area contributed by atoms with E-state index in [2.05, 4.69) is 4.99 Å². The Morgan fingerprint density at radius 3 is 2.15 bits per heavy atom. The molecule has 0 aliphatic heterocycles. The van der Waals surface area contributed by atoms with Crippen LogP contribution in [0.25, 0.3) is 0 Å². The highest BCUT2D eigenvalue weighted by Crippen LogP contribution is 2.24. The second kappa shape index (κ2) is 6.30. The second-order valence-corrected chi connectivity index (χ2v) is 4.45. The van der Waals surface area contributed by atoms with Gasteiger partial charge in [0.2, 0.25) is 0 Å². The molecule has 0 saturated carbocycles. The zero-order chi connectivity index (χ0) is 14.5. The number of ether oxygens (including phenoxy) is 2. The van der Waals surface area contributed by atoms with Crippen molar-refractivity contribution in [2.24, 2.45) is 10.7 Å². The van der Waals surface area contributed by atoms with Crippen LogP contribution < -0.4 is 15.2 Å². The molecule has 20 heavy (non-hydrogen) atoms. The van der Waals surface area contributed by atoms with Crippen LogP contribution in [0.15, 0.2) is 47.5 Å². The van der Waals surface area contributed by atoms with E-state index in [-0.39, 0.29) is 0 Å². The number of amidine groups is 1. The summed E-state index contributed by atoms with van der Waals surface area (Å²) < 4.78 is 10.2. The predicted octanol–water partition coefficient (Wildman–Crippen LogP) is 3.39. The summed E-state index contributed by atoms with van der Waals surface area (Å²) in [5.74, 6) is 1.80. The van der Waals surface area contributed by atoms with Gasteiger partial charge in [0.05, 0.1) is 24.9 Å². The lowest BCUT2D eigenvalue weighted by molar-refractivity contribution is 0.414. The van der Waals surface area contributed by atoms with E-state index in [1.165, 1.54) is 0 Å². The number of nitrogens with zero attached hydrogens (tertiary/aromatic N) is 1. The first-order valence-corrected chi connectivity index (χ1v) is 6.34. The first-order valence-electron chi connectivity index (χ1n) is 5.96. The molecule has 4 nitrogen and oxygen atoms in total. The zero-order valence-electron chi connectivity index (χ0n) is 11.3. The third-order valence-corrected chi connectivity index (χ3v) is 3.09. The van der Waals surface area contributed by atoms with E-state index in [1.54, 1.807) is 32.4 Å². The number of nitrogens with two attached hydrogens (primary N) is 1. The van der Waals surface area contributed by atoms with Crippen molar-refractivity contribution in [3.8, 4) is 11.5 Å². The van der Waals surface area contributed by atoms with E-state index in [1.807, 2.05) is 24.3 Å². The Hall–Kier alpha value is -2.20. The van der Waals surface area contributed by atoms with Crippen molar-refractivity contribution in [2.45, 2.75) is 0 Å². The van der Waals surface area contributed by atoms with Gasteiger partial charge >= 0.3 is 0 Å². The molecule has 0 bridgehead atoms. The molecular formula is C15H15ClN2O2. The monoisotopic (exact) mass is 290 g/mol. The average Bonchev–Trinajstić information content (AvgIpc) is 2.47. The standard InChI is InChI=1S/C15H15ClN2O2/c1-19-11-5-3-10(4-6-11)18-15(17)13-8-7-12(20-2)9-14(13)16/h3-9H,1-2H3,(H2,17,18). The van der Waals surface area contributed by atoms with Gasteiger partial charge in [0.1, 0.15) is 17.3 Å². The van der Waals surface area contributed by atoms with Crippen LogP contribution in [0.1, 0.15) is 5.56 Å². The molecule has 5 heteroatoms. The van der Waals surface area contributed by atoms with Crippen LogP contribution in [0.2, 0.25) is 5.02 Å². The summed E-state index contributed by atoms with van der Waals surface area (Å²) in [6.45, 7) is 0. The third kappa shape index (κ3) is 3.22. The maximum absolute atomic E-state index is 6.16. The number of hydrogen-bond acceptors (Lipinski definition) is 3. The minimum atomic E-state index is 0.350. The maximum atomic E-state index is 6.16. The van der Waals surface area contributed by atoms with Crippen molar-refractivity contribution in [3.63, 3.8) is 0 Å². The Morgan fingerprint density at radius 2 is 1.60 bits per heavy atom. The van der Waals surface area contributed by atoms with Crippen LogP contribution in [0, 0.1) is 0 Å². The molecule has 2 N–H and O–H groups in total. The van der Waals surface area contributed by atoms with Gasteiger partial charge in [-0.05, 0) is 42.5 Å². The molecule has 0 aromatic heterocycles. The van der Waals surface area contributed by atoms with Crippen LogP contribution in [-0.4, -0.2) is 20.1 Å². The number of methoxy groups -OCH3 is 2. The highest BCUT2D eigenvalue weighted by molar-refractivity contribution is 6.34. The summed E-state index contributed by atoms with van der Waals surface area (Å²) in [6, 6.07) is 12.6. The fraction of sp³-hybridized carbons (Fsp3) is 0.133. The Labute approximate surface area is 122 Å². The van der Waals surface area contributed by atoms with Gasteiger partial charge in [0.25, 0.3) is 0 Å². The summed E-state index contributed by atoms with van der Waals surface area (Å²) in [7, 11) is 3.20. The number of rotatable bonds is 4. The number of benzene rings is 2. The molecule has 0 radical (unpaired) electrons. The maximum Gasteiger partial charge on any atom is 0.132 e. The van der Waals surface area contributed by atoms with Gasteiger partial charge in [0, 0.05) is 5.56 Å². The fourth-order valence-electron chi connectivity index (χ4n) is 1.69. The average molecular weight is 291 g/mol. The predicted molar refractivity (Wildman–Crippen MR) is 81.4 cm³/mol. The van der Waals surface area contributed by atoms with Crippen molar-refractivity contribution in [1.82, 2.24) is 0 Å². The van der Waals surface area contributed by atoms with Crippen molar-refractivity contribution in [3.05, 3.63) is 53.1 Å².